The standard InChI is InChI=1S/C63H50/c1-61(2,3)63(62(4,5)6)56-38-44-20-10-9-19-43(44)36-55(56)59-48-22-12-11-21-47(48)54-37-46(33-34-53(54)60(59)63)58-51-25-15-13-23-49(51)57(50-24-14-16-26-52(50)58)41-30-27-40(28-31-41)45-32-29-39-17-7-8-18-42(39)35-45/h7-38H,1-6H3. The van der Waals surface area contributed by atoms with Gasteiger partial charge in [-0.3, -0.25) is 0 Å². The van der Waals surface area contributed by atoms with Gasteiger partial charge in [-0.15, -0.1) is 0 Å². The van der Waals surface area contributed by atoms with Gasteiger partial charge in [-0.25, -0.2) is 0 Å². The van der Waals surface area contributed by atoms with Crippen LogP contribution in [-0.2, 0) is 5.41 Å². The molecular formula is C63H50. The highest BCUT2D eigenvalue weighted by molar-refractivity contribution is 6.24. The molecule has 0 aliphatic heterocycles. The Morgan fingerprint density at radius 2 is 0.714 bits per heavy atom. The van der Waals surface area contributed by atoms with E-state index in [1.165, 1.54) is 120 Å². The molecule has 0 spiro atoms. The van der Waals surface area contributed by atoms with Crippen molar-refractivity contribution in [3.05, 3.63) is 205 Å². The fourth-order valence-electron chi connectivity index (χ4n) is 12.5. The second-order valence-electron chi connectivity index (χ2n) is 20.0. The SMILES string of the molecule is CC(C)(C)C1(C(C)(C)C)c2cc3ccccc3cc2-c2c1c1ccc(-c3c4ccccc4c(-c4ccc(-c5ccc6ccccc6c5)cc4)c4ccccc34)cc1c1ccccc21. The summed E-state index contributed by atoms with van der Waals surface area (Å²) >= 11 is 0. The van der Waals surface area contributed by atoms with E-state index in [4.69, 9.17) is 0 Å². The second kappa shape index (κ2) is 13.5. The summed E-state index contributed by atoms with van der Waals surface area (Å²) in [6.45, 7) is 14.8. The highest BCUT2D eigenvalue weighted by atomic mass is 14.6. The summed E-state index contributed by atoms with van der Waals surface area (Å²) in [6, 6.07) is 73.3. The lowest BCUT2D eigenvalue weighted by molar-refractivity contribution is 0.0965. The van der Waals surface area contributed by atoms with Gasteiger partial charge in [0.05, 0.1) is 0 Å². The van der Waals surface area contributed by atoms with Gasteiger partial charge in [0.15, 0.2) is 0 Å². The molecule has 0 saturated carbocycles. The Morgan fingerprint density at radius 3 is 1.29 bits per heavy atom. The van der Waals surface area contributed by atoms with Crippen molar-refractivity contribution in [2.45, 2.75) is 47.0 Å². The van der Waals surface area contributed by atoms with Crippen molar-refractivity contribution in [3.63, 3.8) is 0 Å². The van der Waals surface area contributed by atoms with Crippen LogP contribution >= 0.6 is 0 Å². The van der Waals surface area contributed by atoms with E-state index in [9.17, 15) is 0 Å². The van der Waals surface area contributed by atoms with Gasteiger partial charge in [-0.2, -0.15) is 0 Å². The third-order valence-corrected chi connectivity index (χ3v) is 14.7. The molecule has 0 amide bonds. The van der Waals surface area contributed by atoms with E-state index in [0.717, 1.165) is 0 Å². The Hall–Kier alpha value is -7.02. The number of hydrogen-bond donors (Lipinski definition) is 0. The molecule has 0 N–H and O–H groups in total. The van der Waals surface area contributed by atoms with Crippen LogP contribution in [-0.4, -0.2) is 0 Å². The maximum atomic E-state index is 2.53. The molecule has 11 aromatic carbocycles. The van der Waals surface area contributed by atoms with Crippen molar-refractivity contribution in [3.8, 4) is 44.5 Å². The monoisotopic (exact) mass is 806 g/mol. The lowest BCUT2D eigenvalue weighted by Gasteiger charge is -2.53. The summed E-state index contributed by atoms with van der Waals surface area (Å²) in [4.78, 5) is 0. The summed E-state index contributed by atoms with van der Waals surface area (Å²) in [5.74, 6) is 0. The van der Waals surface area contributed by atoms with Crippen LogP contribution in [0.5, 0.6) is 0 Å². The van der Waals surface area contributed by atoms with Crippen molar-refractivity contribution in [2.75, 3.05) is 0 Å². The quantitative estimate of drug-likeness (QED) is 0.123. The summed E-state index contributed by atoms with van der Waals surface area (Å²) in [5, 5.41) is 15.5. The summed E-state index contributed by atoms with van der Waals surface area (Å²) < 4.78 is 0. The van der Waals surface area contributed by atoms with Crippen molar-refractivity contribution in [2.24, 2.45) is 10.8 Å². The summed E-state index contributed by atoms with van der Waals surface area (Å²) in [5.41, 5.74) is 12.8. The lowest BCUT2D eigenvalue weighted by Crippen LogP contribution is -2.50. The van der Waals surface area contributed by atoms with Gasteiger partial charge in [0.1, 0.15) is 0 Å². The van der Waals surface area contributed by atoms with Crippen LogP contribution in [0.15, 0.2) is 194 Å². The van der Waals surface area contributed by atoms with E-state index < -0.39 is 0 Å². The Kier molecular flexibility index (Phi) is 8.08. The zero-order chi connectivity index (χ0) is 42.8. The smallest absolute Gasteiger partial charge is 0.0318 e. The van der Waals surface area contributed by atoms with E-state index >= 15 is 0 Å². The van der Waals surface area contributed by atoms with E-state index in [2.05, 4.69) is 236 Å². The van der Waals surface area contributed by atoms with Crippen LogP contribution < -0.4 is 0 Å². The first-order valence-corrected chi connectivity index (χ1v) is 22.6. The maximum absolute atomic E-state index is 2.53. The number of fused-ring (bicyclic) bond motifs is 12. The van der Waals surface area contributed by atoms with Crippen molar-refractivity contribution >= 4 is 64.6 Å². The third-order valence-electron chi connectivity index (χ3n) is 14.7. The fourth-order valence-corrected chi connectivity index (χ4v) is 12.5. The highest BCUT2D eigenvalue weighted by Crippen LogP contribution is 2.67. The minimum Gasteiger partial charge on any atom is -0.0616 e. The van der Waals surface area contributed by atoms with Crippen molar-refractivity contribution in [1.29, 1.82) is 0 Å². The molecule has 0 unspecified atom stereocenters. The molecule has 0 saturated heterocycles. The van der Waals surface area contributed by atoms with Crippen molar-refractivity contribution < 1.29 is 0 Å². The molecule has 0 heterocycles. The first-order chi connectivity index (χ1) is 30.5. The maximum Gasteiger partial charge on any atom is 0.0318 e. The van der Waals surface area contributed by atoms with Crippen LogP contribution in [0.25, 0.3) is 109 Å². The van der Waals surface area contributed by atoms with Crippen LogP contribution in [0.1, 0.15) is 52.7 Å². The van der Waals surface area contributed by atoms with Crippen LogP contribution in [0, 0.1) is 10.8 Å². The molecule has 63 heavy (non-hydrogen) atoms. The molecule has 0 radical (unpaired) electrons. The molecule has 0 bridgehead atoms. The molecular weight excluding hydrogens is 757 g/mol. The van der Waals surface area contributed by atoms with Gasteiger partial charge >= 0.3 is 0 Å². The zero-order valence-electron chi connectivity index (χ0n) is 37.0. The molecule has 12 rings (SSSR count). The molecule has 0 nitrogen and oxygen atoms in total. The molecule has 0 atom stereocenters. The minimum atomic E-state index is -0.274. The van der Waals surface area contributed by atoms with E-state index in [1.54, 1.807) is 0 Å². The Labute approximate surface area is 370 Å². The largest absolute Gasteiger partial charge is 0.0616 e. The number of benzene rings is 11. The molecule has 0 fully saturated rings. The summed E-state index contributed by atoms with van der Waals surface area (Å²) in [7, 11) is 0. The van der Waals surface area contributed by atoms with Crippen LogP contribution in [0.2, 0.25) is 0 Å². The average Bonchev–Trinajstić information content (AvgIpc) is 3.62. The Balaban J connectivity index is 1.11. The molecule has 0 aromatic heterocycles. The van der Waals surface area contributed by atoms with Crippen molar-refractivity contribution in [1.82, 2.24) is 0 Å². The Bertz CT molecular complexity index is 3610. The van der Waals surface area contributed by atoms with Gasteiger partial charge in [0, 0.05) is 5.41 Å². The first kappa shape index (κ1) is 37.7. The average molecular weight is 807 g/mol. The topological polar surface area (TPSA) is 0 Å². The summed E-state index contributed by atoms with van der Waals surface area (Å²) in [6.07, 6.45) is 0. The highest BCUT2D eigenvalue weighted by Gasteiger charge is 2.58. The van der Waals surface area contributed by atoms with E-state index in [-0.39, 0.29) is 16.2 Å². The first-order valence-electron chi connectivity index (χ1n) is 22.6. The molecule has 302 valence electrons. The van der Waals surface area contributed by atoms with E-state index in [0.29, 0.717) is 0 Å². The minimum absolute atomic E-state index is 0.0995. The van der Waals surface area contributed by atoms with E-state index in [1.807, 2.05) is 0 Å². The number of hydrogen-bond acceptors (Lipinski definition) is 0. The predicted molar refractivity (Wildman–Crippen MR) is 273 cm³/mol. The second-order valence-corrected chi connectivity index (χ2v) is 20.0. The van der Waals surface area contributed by atoms with Gasteiger partial charge in [-0.1, -0.05) is 211 Å². The molecule has 11 aromatic rings. The Morgan fingerprint density at radius 1 is 0.286 bits per heavy atom. The van der Waals surface area contributed by atoms with Crippen LogP contribution in [0.4, 0.5) is 0 Å². The van der Waals surface area contributed by atoms with Gasteiger partial charge < -0.3 is 0 Å². The number of rotatable bonds is 3. The van der Waals surface area contributed by atoms with Gasteiger partial charge in [-0.05, 0) is 155 Å². The van der Waals surface area contributed by atoms with Gasteiger partial charge in [0.25, 0.3) is 0 Å². The molecule has 0 heteroatoms. The zero-order valence-corrected chi connectivity index (χ0v) is 37.0. The van der Waals surface area contributed by atoms with Crippen LogP contribution in [0.3, 0.4) is 0 Å². The lowest BCUT2D eigenvalue weighted by atomic mass is 9.49. The fraction of sp³-hybridized carbons (Fsp3) is 0.143. The molecule has 1 aliphatic rings. The third kappa shape index (κ3) is 5.34. The van der Waals surface area contributed by atoms with Gasteiger partial charge in [0.2, 0.25) is 0 Å². The predicted octanol–water partition coefficient (Wildman–Crippen LogP) is 18.0. The normalized spacial score (nSPS) is 13.7. The molecule has 1 aliphatic carbocycles.